The number of tetrazole rings is 1. The fraction of sp³-hybridized carbons (Fsp3) is 0.176. The van der Waals surface area contributed by atoms with E-state index in [2.05, 4.69) is 20.8 Å². The Morgan fingerprint density at radius 3 is 2.75 bits per heavy atom. The third kappa shape index (κ3) is 4.02. The molecule has 24 heavy (non-hydrogen) atoms. The smallest absolute Gasteiger partial charge is 0.250 e. The fourth-order valence-corrected chi connectivity index (χ4v) is 2.24. The zero-order chi connectivity index (χ0) is 16.8. The number of hydrogen-bond acceptors (Lipinski definition) is 5. The first-order chi connectivity index (χ1) is 11.7. The first-order valence-electron chi connectivity index (χ1n) is 7.47. The van der Waals surface area contributed by atoms with Crippen molar-refractivity contribution < 1.29 is 9.53 Å². The second-order valence-corrected chi connectivity index (χ2v) is 5.23. The minimum Gasteiger partial charge on any atom is -0.367 e. The molecule has 0 aliphatic carbocycles. The summed E-state index contributed by atoms with van der Waals surface area (Å²) in [7, 11) is 1.76. The zero-order valence-corrected chi connectivity index (χ0v) is 13.2. The van der Waals surface area contributed by atoms with Gasteiger partial charge in [-0.1, -0.05) is 42.5 Å². The lowest BCUT2D eigenvalue weighted by atomic mass is 10.2. The summed E-state index contributed by atoms with van der Waals surface area (Å²) in [4.78, 5) is 12.0. The molecule has 0 spiro atoms. The highest BCUT2D eigenvalue weighted by Gasteiger charge is 2.08. The lowest BCUT2D eigenvalue weighted by Crippen LogP contribution is -2.18. The number of hydrogen-bond donors (Lipinski definition) is 1. The first-order valence-corrected chi connectivity index (χ1v) is 7.47. The first kappa shape index (κ1) is 15.8. The van der Waals surface area contributed by atoms with Gasteiger partial charge in [0.25, 0.3) is 0 Å². The molecule has 3 rings (SSSR count). The van der Waals surface area contributed by atoms with Gasteiger partial charge in [0, 0.05) is 18.3 Å². The van der Waals surface area contributed by atoms with Crippen LogP contribution in [0.25, 0.3) is 11.4 Å². The minimum atomic E-state index is -0.209. The number of carbonyl (C=O) groups is 1. The minimum absolute atomic E-state index is 0.00929. The number of ether oxygens (including phenoxy) is 1. The summed E-state index contributed by atoms with van der Waals surface area (Å²) < 4.78 is 7.00. The van der Waals surface area contributed by atoms with E-state index in [1.807, 2.05) is 54.6 Å². The summed E-state index contributed by atoms with van der Waals surface area (Å²) in [5.74, 6) is 0.422. The highest BCUT2D eigenvalue weighted by Crippen LogP contribution is 2.19. The Morgan fingerprint density at radius 1 is 1.17 bits per heavy atom. The van der Waals surface area contributed by atoms with Crippen LogP contribution < -0.4 is 5.32 Å². The number of aromatic nitrogens is 4. The van der Waals surface area contributed by atoms with Crippen LogP contribution in [-0.4, -0.2) is 32.7 Å². The Morgan fingerprint density at radius 2 is 2.00 bits per heavy atom. The molecule has 0 aliphatic heterocycles. The Labute approximate surface area is 139 Å². The predicted octanol–water partition coefficient (Wildman–Crippen LogP) is 2.03. The lowest BCUT2D eigenvalue weighted by Gasteiger charge is -2.08. The summed E-state index contributed by atoms with van der Waals surface area (Å²) >= 11 is 0. The van der Waals surface area contributed by atoms with Gasteiger partial charge in [0.2, 0.25) is 5.91 Å². The van der Waals surface area contributed by atoms with Gasteiger partial charge in [-0.25, -0.2) is 4.68 Å². The molecule has 0 unspecified atom stereocenters. The molecule has 1 aromatic heterocycles. The van der Waals surface area contributed by atoms with Crippen LogP contribution in [0.1, 0.15) is 5.56 Å². The van der Waals surface area contributed by atoms with Crippen LogP contribution in [-0.2, 0) is 23.2 Å². The van der Waals surface area contributed by atoms with E-state index in [-0.39, 0.29) is 12.5 Å². The molecular weight excluding hydrogens is 306 g/mol. The molecule has 1 N–H and O–H groups in total. The summed E-state index contributed by atoms with van der Waals surface area (Å²) in [6, 6.07) is 17.1. The van der Waals surface area contributed by atoms with Crippen LogP contribution in [0.2, 0.25) is 0 Å². The highest BCUT2D eigenvalue weighted by molar-refractivity contribution is 5.92. The molecule has 0 atom stereocenters. The predicted molar refractivity (Wildman–Crippen MR) is 89.0 cm³/mol. The van der Waals surface area contributed by atoms with Gasteiger partial charge in [0.15, 0.2) is 5.82 Å². The zero-order valence-electron chi connectivity index (χ0n) is 13.2. The Hall–Kier alpha value is -3.06. The molecule has 0 aliphatic rings. The third-order valence-electron chi connectivity index (χ3n) is 3.37. The van der Waals surface area contributed by atoms with E-state index in [0.29, 0.717) is 18.1 Å². The Balaban J connectivity index is 1.56. The van der Waals surface area contributed by atoms with Gasteiger partial charge in [0.1, 0.15) is 6.61 Å². The number of nitrogens with zero attached hydrogens (tertiary/aromatic N) is 4. The lowest BCUT2D eigenvalue weighted by molar-refractivity contribution is -0.121. The molecule has 0 saturated carbocycles. The molecule has 2 aromatic carbocycles. The van der Waals surface area contributed by atoms with E-state index in [4.69, 9.17) is 4.74 Å². The largest absolute Gasteiger partial charge is 0.367 e. The van der Waals surface area contributed by atoms with Crippen molar-refractivity contribution in [1.82, 2.24) is 20.2 Å². The SMILES string of the molecule is Cn1nnnc1-c1cccc(NC(=O)COCc2ccccc2)c1. The van der Waals surface area contributed by atoms with E-state index >= 15 is 0 Å². The summed E-state index contributed by atoms with van der Waals surface area (Å²) in [6.45, 7) is 0.392. The van der Waals surface area contributed by atoms with E-state index in [1.54, 1.807) is 11.7 Å². The molecule has 0 radical (unpaired) electrons. The van der Waals surface area contributed by atoms with Gasteiger partial charge < -0.3 is 10.1 Å². The average molecular weight is 323 g/mol. The van der Waals surface area contributed by atoms with Crippen molar-refractivity contribution in [3.05, 3.63) is 60.2 Å². The molecule has 3 aromatic rings. The van der Waals surface area contributed by atoms with Crippen molar-refractivity contribution >= 4 is 11.6 Å². The number of nitrogens with one attached hydrogen (secondary N) is 1. The van der Waals surface area contributed by atoms with E-state index < -0.39 is 0 Å². The standard InChI is InChI=1S/C17H17N5O2/c1-22-17(19-20-21-22)14-8-5-9-15(10-14)18-16(23)12-24-11-13-6-3-2-4-7-13/h2-10H,11-12H2,1H3,(H,18,23). The van der Waals surface area contributed by atoms with Crippen molar-refractivity contribution in [2.24, 2.45) is 7.05 Å². The normalized spacial score (nSPS) is 10.5. The van der Waals surface area contributed by atoms with Gasteiger partial charge in [-0.3, -0.25) is 4.79 Å². The van der Waals surface area contributed by atoms with Gasteiger partial charge in [-0.15, -0.1) is 5.10 Å². The van der Waals surface area contributed by atoms with E-state index in [9.17, 15) is 4.79 Å². The monoisotopic (exact) mass is 323 g/mol. The average Bonchev–Trinajstić information content (AvgIpc) is 3.02. The number of rotatable bonds is 6. The topological polar surface area (TPSA) is 81.9 Å². The molecular formula is C17H17N5O2. The maximum Gasteiger partial charge on any atom is 0.250 e. The van der Waals surface area contributed by atoms with Crippen LogP contribution in [0.15, 0.2) is 54.6 Å². The van der Waals surface area contributed by atoms with Crippen molar-refractivity contribution in [1.29, 1.82) is 0 Å². The van der Waals surface area contributed by atoms with Crippen molar-refractivity contribution in [3.8, 4) is 11.4 Å². The third-order valence-corrected chi connectivity index (χ3v) is 3.37. The van der Waals surface area contributed by atoms with Crippen LogP contribution in [0, 0.1) is 0 Å². The number of benzene rings is 2. The van der Waals surface area contributed by atoms with Crippen LogP contribution in [0.3, 0.4) is 0 Å². The quantitative estimate of drug-likeness (QED) is 0.750. The van der Waals surface area contributed by atoms with Crippen LogP contribution in [0.5, 0.6) is 0 Å². The molecule has 0 saturated heterocycles. The van der Waals surface area contributed by atoms with Crippen molar-refractivity contribution in [2.45, 2.75) is 6.61 Å². The van der Waals surface area contributed by atoms with Crippen molar-refractivity contribution in [3.63, 3.8) is 0 Å². The highest BCUT2D eigenvalue weighted by atomic mass is 16.5. The fourth-order valence-electron chi connectivity index (χ4n) is 2.24. The molecule has 1 heterocycles. The molecule has 0 bridgehead atoms. The van der Waals surface area contributed by atoms with Gasteiger partial charge in [-0.05, 0) is 28.1 Å². The molecule has 122 valence electrons. The number of carbonyl (C=O) groups excluding carboxylic acids is 1. The second kappa shape index (κ2) is 7.47. The van der Waals surface area contributed by atoms with Gasteiger partial charge in [-0.2, -0.15) is 0 Å². The maximum absolute atomic E-state index is 12.0. The molecule has 1 amide bonds. The van der Waals surface area contributed by atoms with E-state index in [1.165, 1.54) is 0 Å². The number of aryl methyl sites for hydroxylation is 1. The van der Waals surface area contributed by atoms with Crippen molar-refractivity contribution in [2.75, 3.05) is 11.9 Å². The maximum atomic E-state index is 12.0. The number of anilines is 1. The van der Waals surface area contributed by atoms with E-state index in [0.717, 1.165) is 11.1 Å². The summed E-state index contributed by atoms with van der Waals surface area (Å²) in [5.41, 5.74) is 2.52. The van der Waals surface area contributed by atoms with Crippen LogP contribution >= 0.6 is 0 Å². The molecule has 7 heteroatoms. The van der Waals surface area contributed by atoms with Gasteiger partial charge >= 0.3 is 0 Å². The summed E-state index contributed by atoms with van der Waals surface area (Å²) in [6.07, 6.45) is 0. The summed E-state index contributed by atoms with van der Waals surface area (Å²) in [5, 5.41) is 14.2. The Kier molecular flexibility index (Phi) is 4.93. The van der Waals surface area contributed by atoms with Gasteiger partial charge in [0.05, 0.1) is 6.61 Å². The molecule has 0 fully saturated rings. The van der Waals surface area contributed by atoms with Crippen LogP contribution in [0.4, 0.5) is 5.69 Å². The molecule has 7 nitrogen and oxygen atoms in total. The second-order valence-electron chi connectivity index (χ2n) is 5.23. The number of amides is 1. The Bertz CT molecular complexity index is 817.